The summed E-state index contributed by atoms with van der Waals surface area (Å²) < 4.78 is 25.8. The van der Waals surface area contributed by atoms with Crippen molar-refractivity contribution >= 4 is 10.1 Å². The van der Waals surface area contributed by atoms with E-state index in [2.05, 4.69) is 4.18 Å². The minimum atomic E-state index is -3.34. The Hall–Kier alpha value is -1.03. The summed E-state index contributed by atoms with van der Waals surface area (Å²) in [5.74, 6) is 0.447. The zero-order valence-corrected chi connectivity index (χ0v) is 5.76. The SMILES string of the molecule is O=S1(=O)Oc2ccccc21. The summed E-state index contributed by atoms with van der Waals surface area (Å²) in [6.45, 7) is 0. The monoisotopic (exact) mass is 156 g/mol. The van der Waals surface area contributed by atoms with Gasteiger partial charge in [0.1, 0.15) is 4.90 Å². The third-order valence-electron chi connectivity index (χ3n) is 1.32. The van der Waals surface area contributed by atoms with Crippen LogP contribution in [0.2, 0.25) is 0 Å². The van der Waals surface area contributed by atoms with Gasteiger partial charge in [-0.15, -0.1) is 0 Å². The molecule has 0 amide bonds. The molecule has 0 saturated carbocycles. The molecule has 1 aromatic rings. The molecular formula is C6H4O3S. The smallest absolute Gasteiger partial charge is 0.343 e. The van der Waals surface area contributed by atoms with E-state index in [-0.39, 0.29) is 4.90 Å². The first-order valence-corrected chi connectivity index (χ1v) is 4.14. The molecule has 0 spiro atoms. The summed E-state index contributed by atoms with van der Waals surface area (Å²) in [4.78, 5) is 0.287. The fourth-order valence-electron chi connectivity index (χ4n) is 0.855. The third kappa shape index (κ3) is 0.565. The van der Waals surface area contributed by atoms with Crippen LogP contribution in [-0.2, 0) is 10.1 Å². The summed E-state index contributed by atoms with van der Waals surface area (Å²) in [6, 6.07) is 6.54. The van der Waals surface area contributed by atoms with Gasteiger partial charge in [0, 0.05) is 0 Å². The first-order chi connectivity index (χ1) is 4.70. The number of benzene rings is 1. The molecule has 4 heteroatoms. The van der Waals surface area contributed by atoms with E-state index in [1.165, 1.54) is 6.07 Å². The van der Waals surface area contributed by atoms with E-state index in [0.717, 1.165) is 0 Å². The molecule has 0 bridgehead atoms. The van der Waals surface area contributed by atoms with Gasteiger partial charge in [-0.2, -0.15) is 8.42 Å². The van der Waals surface area contributed by atoms with Gasteiger partial charge in [-0.25, -0.2) is 0 Å². The van der Waals surface area contributed by atoms with Crippen molar-refractivity contribution in [1.82, 2.24) is 0 Å². The van der Waals surface area contributed by atoms with E-state index < -0.39 is 10.1 Å². The normalized spacial score (nSPS) is 18.4. The van der Waals surface area contributed by atoms with Gasteiger partial charge < -0.3 is 4.18 Å². The topological polar surface area (TPSA) is 43.4 Å². The lowest BCUT2D eigenvalue weighted by molar-refractivity contribution is 0.442. The van der Waals surface area contributed by atoms with Crippen LogP contribution in [-0.4, -0.2) is 8.42 Å². The minimum Gasteiger partial charge on any atom is -0.377 e. The quantitative estimate of drug-likeness (QED) is 0.521. The van der Waals surface area contributed by atoms with Gasteiger partial charge in [0.05, 0.1) is 0 Å². The van der Waals surface area contributed by atoms with Crippen molar-refractivity contribution in [3.8, 4) is 5.75 Å². The van der Waals surface area contributed by atoms with E-state index in [1.807, 2.05) is 0 Å². The standard InChI is InChI=1S/C6H4O3S/c7-10(8)6-4-2-1-3-5(6)9-10/h1-4H. The van der Waals surface area contributed by atoms with E-state index >= 15 is 0 Å². The maximum atomic E-state index is 10.7. The first-order valence-electron chi connectivity index (χ1n) is 2.74. The lowest BCUT2D eigenvalue weighted by Crippen LogP contribution is -2.20. The summed E-state index contributed by atoms with van der Waals surface area (Å²) in [6.07, 6.45) is 0. The van der Waals surface area contributed by atoms with E-state index in [0.29, 0.717) is 5.75 Å². The van der Waals surface area contributed by atoms with Crippen LogP contribution < -0.4 is 4.18 Å². The minimum absolute atomic E-state index is 0.287. The molecule has 10 heavy (non-hydrogen) atoms. The van der Waals surface area contributed by atoms with Crippen molar-refractivity contribution in [3.63, 3.8) is 0 Å². The molecule has 1 aliphatic rings. The molecule has 1 aliphatic heterocycles. The number of hydrogen-bond acceptors (Lipinski definition) is 3. The summed E-state index contributed by atoms with van der Waals surface area (Å²) in [5, 5.41) is 0. The van der Waals surface area contributed by atoms with E-state index in [4.69, 9.17) is 0 Å². The molecule has 0 atom stereocenters. The van der Waals surface area contributed by atoms with Crippen LogP contribution in [0.15, 0.2) is 29.2 Å². The van der Waals surface area contributed by atoms with Crippen LogP contribution in [0.3, 0.4) is 0 Å². The molecule has 0 unspecified atom stereocenters. The molecule has 0 saturated heterocycles. The average Bonchev–Trinajstić information content (AvgIpc) is 1.86. The highest BCUT2D eigenvalue weighted by atomic mass is 32.2. The average molecular weight is 156 g/mol. The van der Waals surface area contributed by atoms with Crippen LogP contribution >= 0.6 is 0 Å². The number of fused-ring (bicyclic) bond motifs is 1. The molecule has 3 nitrogen and oxygen atoms in total. The molecule has 0 radical (unpaired) electrons. The highest BCUT2D eigenvalue weighted by Gasteiger charge is 2.31. The summed E-state index contributed by atoms with van der Waals surface area (Å²) in [7, 11) is -3.34. The van der Waals surface area contributed by atoms with Crippen molar-refractivity contribution < 1.29 is 12.6 Å². The predicted molar refractivity (Wildman–Crippen MR) is 34.3 cm³/mol. The number of rotatable bonds is 0. The molecule has 2 rings (SSSR count). The first kappa shape index (κ1) is 5.73. The molecule has 1 aromatic carbocycles. The fourth-order valence-corrected chi connectivity index (χ4v) is 1.81. The summed E-state index contributed by atoms with van der Waals surface area (Å²) in [5.41, 5.74) is 0. The molecule has 52 valence electrons. The Morgan fingerprint density at radius 2 is 1.90 bits per heavy atom. The van der Waals surface area contributed by atoms with Crippen molar-refractivity contribution in [2.24, 2.45) is 0 Å². The highest BCUT2D eigenvalue weighted by Crippen LogP contribution is 2.34. The largest absolute Gasteiger partial charge is 0.377 e. The van der Waals surface area contributed by atoms with Crippen LogP contribution in [0.25, 0.3) is 0 Å². The van der Waals surface area contributed by atoms with Gasteiger partial charge >= 0.3 is 10.1 Å². The summed E-state index contributed by atoms with van der Waals surface area (Å²) >= 11 is 0. The molecule has 0 aliphatic carbocycles. The predicted octanol–water partition coefficient (Wildman–Crippen LogP) is 0.768. The van der Waals surface area contributed by atoms with Crippen LogP contribution in [0, 0.1) is 0 Å². The van der Waals surface area contributed by atoms with Gasteiger partial charge in [-0.05, 0) is 12.1 Å². The second-order valence-electron chi connectivity index (χ2n) is 1.98. The Morgan fingerprint density at radius 3 is 2.40 bits per heavy atom. The van der Waals surface area contributed by atoms with Gasteiger partial charge in [-0.3, -0.25) is 0 Å². The maximum absolute atomic E-state index is 10.7. The van der Waals surface area contributed by atoms with Crippen LogP contribution in [0.5, 0.6) is 5.75 Å². The maximum Gasteiger partial charge on any atom is 0.343 e. The molecule has 0 fully saturated rings. The Labute approximate surface area is 58.4 Å². The molecule has 1 heterocycles. The Balaban J connectivity index is 2.75. The Morgan fingerprint density at radius 1 is 1.20 bits per heavy atom. The van der Waals surface area contributed by atoms with Crippen molar-refractivity contribution in [2.45, 2.75) is 4.90 Å². The van der Waals surface area contributed by atoms with Crippen molar-refractivity contribution in [2.75, 3.05) is 0 Å². The van der Waals surface area contributed by atoms with Gasteiger partial charge in [0.15, 0.2) is 5.75 Å². The molecular weight excluding hydrogens is 152 g/mol. The van der Waals surface area contributed by atoms with Crippen molar-refractivity contribution in [3.05, 3.63) is 24.3 Å². The van der Waals surface area contributed by atoms with Gasteiger partial charge in [-0.1, -0.05) is 12.1 Å². The zero-order chi connectivity index (χ0) is 7.19. The molecule has 0 aromatic heterocycles. The Kier molecular flexibility index (Phi) is 0.870. The number of para-hydroxylation sites is 1. The van der Waals surface area contributed by atoms with Gasteiger partial charge in [0.25, 0.3) is 0 Å². The van der Waals surface area contributed by atoms with Crippen LogP contribution in [0.1, 0.15) is 0 Å². The van der Waals surface area contributed by atoms with Gasteiger partial charge in [0.2, 0.25) is 0 Å². The van der Waals surface area contributed by atoms with Crippen molar-refractivity contribution in [1.29, 1.82) is 0 Å². The molecule has 0 N–H and O–H groups in total. The second-order valence-corrected chi connectivity index (χ2v) is 3.50. The fraction of sp³-hybridized carbons (Fsp3) is 0. The number of hydrogen-bond donors (Lipinski definition) is 0. The lowest BCUT2D eigenvalue weighted by atomic mass is 10.3. The highest BCUT2D eigenvalue weighted by molar-refractivity contribution is 7.88. The van der Waals surface area contributed by atoms with E-state index in [1.54, 1.807) is 18.2 Å². The third-order valence-corrected chi connectivity index (χ3v) is 2.59. The van der Waals surface area contributed by atoms with Crippen LogP contribution in [0.4, 0.5) is 0 Å². The zero-order valence-electron chi connectivity index (χ0n) is 4.94. The van der Waals surface area contributed by atoms with E-state index in [9.17, 15) is 8.42 Å². The lowest BCUT2D eigenvalue weighted by Gasteiger charge is -2.17. The second kappa shape index (κ2) is 1.52. The Bertz CT molecular complexity index is 366.